The quantitative estimate of drug-likeness (QED) is 0.652. The number of halogens is 1. The predicted molar refractivity (Wildman–Crippen MR) is 78.0 cm³/mol. The van der Waals surface area contributed by atoms with Crippen LogP contribution in [0.3, 0.4) is 0 Å². The van der Waals surface area contributed by atoms with Crippen LogP contribution in [0.1, 0.15) is 5.56 Å². The molecule has 0 aromatic heterocycles. The fraction of sp³-hybridized carbons (Fsp3) is 0. The average molecular weight is 335 g/mol. The molecule has 0 fully saturated rings. The molecule has 3 N–H and O–H groups in total. The van der Waals surface area contributed by atoms with Crippen molar-refractivity contribution in [1.82, 2.24) is 0 Å². The maximum Gasteiger partial charge on any atom is 0.0991 e. The summed E-state index contributed by atoms with van der Waals surface area (Å²) in [5.41, 5.74) is 9.04. The largest absolute Gasteiger partial charge is 0.397 e. The van der Waals surface area contributed by atoms with Crippen LogP contribution in [0.4, 0.5) is 17.1 Å². The van der Waals surface area contributed by atoms with E-state index in [0.29, 0.717) is 11.3 Å². The van der Waals surface area contributed by atoms with E-state index in [0.717, 1.165) is 14.9 Å². The van der Waals surface area contributed by atoms with Gasteiger partial charge in [-0.1, -0.05) is 0 Å². The van der Waals surface area contributed by atoms with E-state index in [1.807, 2.05) is 30.3 Å². The second kappa shape index (κ2) is 5.06. The molecule has 3 nitrogen and oxygen atoms in total. The summed E-state index contributed by atoms with van der Waals surface area (Å²) in [6.45, 7) is 0. The lowest BCUT2D eigenvalue weighted by atomic mass is 10.2. The third-order valence-electron chi connectivity index (χ3n) is 2.31. The van der Waals surface area contributed by atoms with Gasteiger partial charge in [-0.05, 0) is 65.1 Å². The van der Waals surface area contributed by atoms with Crippen LogP contribution >= 0.6 is 22.6 Å². The predicted octanol–water partition coefficient (Wildman–Crippen LogP) is 3.49. The third-order valence-corrected chi connectivity index (χ3v) is 2.98. The van der Waals surface area contributed by atoms with Gasteiger partial charge in [0, 0.05) is 9.26 Å². The summed E-state index contributed by atoms with van der Waals surface area (Å²) in [5, 5.41) is 11.9. The smallest absolute Gasteiger partial charge is 0.0991 e. The van der Waals surface area contributed by atoms with Crippen molar-refractivity contribution in [3.63, 3.8) is 0 Å². The molecule has 0 bridgehead atoms. The average Bonchev–Trinajstić information content (AvgIpc) is 2.34. The van der Waals surface area contributed by atoms with Crippen LogP contribution in [-0.4, -0.2) is 0 Å². The highest BCUT2D eigenvalue weighted by Gasteiger charge is 2.00. The number of nitrogens with one attached hydrogen (secondary N) is 1. The van der Waals surface area contributed by atoms with Crippen molar-refractivity contribution in [3.05, 3.63) is 51.6 Å². The molecule has 4 heteroatoms. The molecular formula is C13H10IN3. The summed E-state index contributed by atoms with van der Waals surface area (Å²) in [7, 11) is 0. The van der Waals surface area contributed by atoms with Gasteiger partial charge in [-0.3, -0.25) is 0 Å². The fourth-order valence-electron chi connectivity index (χ4n) is 1.43. The van der Waals surface area contributed by atoms with E-state index < -0.39 is 0 Å². The van der Waals surface area contributed by atoms with Gasteiger partial charge in [0.1, 0.15) is 0 Å². The zero-order chi connectivity index (χ0) is 12.3. The Labute approximate surface area is 113 Å². The van der Waals surface area contributed by atoms with Crippen LogP contribution in [0.15, 0.2) is 42.5 Å². The highest BCUT2D eigenvalue weighted by Crippen LogP contribution is 2.24. The Morgan fingerprint density at radius 3 is 2.41 bits per heavy atom. The second-order valence-corrected chi connectivity index (χ2v) is 4.79. The molecule has 0 spiro atoms. The maximum absolute atomic E-state index is 8.70. The lowest BCUT2D eigenvalue weighted by Crippen LogP contribution is -1.96. The molecule has 0 aliphatic carbocycles. The molecule has 2 aromatic carbocycles. The van der Waals surface area contributed by atoms with Gasteiger partial charge < -0.3 is 11.1 Å². The minimum absolute atomic E-state index is 0.645. The number of hydrogen-bond acceptors (Lipinski definition) is 3. The minimum Gasteiger partial charge on any atom is -0.397 e. The van der Waals surface area contributed by atoms with E-state index in [4.69, 9.17) is 11.0 Å². The second-order valence-electron chi connectivity index (χ2n) is 3.55. The number of rotatable bonds is 2. The highest BCUT2D eigenvalue weighted by atomic mass is 127. The van der Waals surface area contributed by atoms with Gasteiger partial charge in [-0.15, -0.1) is 0 Å². The molecule has 17 heavy (non-hydrogen) atoms. The Hall–Kier alpha value is -1.74. The zero-order valence-electron chi connectivity index (χ0n) is 8.94. The van der Waals surface area contributed by atoms with Crippen molar-refractivity contribution in [2.75, 3.05) is 11.1 Å². The number of hydrogen-bond donors (Lipinski definition) is 2. The lowest BCUT2D eigenvalue weighted by Gasteiger charge is -2.09. The maximum atomic E-state index is 8.70. The standard InChI is InChI=1S/C13H10IN3/c14-10-3-6-13(12(16)7-10)17-11-4-1-9(8-15)2-5-11/h1-7,17H,16H2. The molecule has 0 atom stereocenters. The number of nitrogen functional groups attached to an aromatic ring is 1. The van der Waals surface area contributed by atoms with Gasteiger partial charge in [0.2, 0.25) is 0 Å². The monoisotopic (exact) mass is 335 g/mol. The van der Waals surface area contributed by atoms with Crippen LogP contribution < -0.4 is 11.1 Å². The SMILES string of the molecule is N#Cc1ccc(Nc2ccc(I)cc2N)cc1. The van der Waals surface area contributed by atoms with Gasteiger partial charge in [-0.25, -0.2) is 0 Å². The van der Waals surface area contributed by atoms with Crippen LogP contribution in [-0.2, 0) is 0 Å². The molecule has 0 unspecified atom stereocenters. The van der Waals surface area contributed by atoms with Crippen LogP contribution in [0, 0.1) is 14.9 Å². The van der Waals surface area contributed by atoms with E-state index in [-0.39, 0.29) is 0 Å². The minimum atomic E-state index is 0.645. The van der Waals surface area contributed by atoms with E-state index >= 15 is 0 Å². The van der Waals surface area contributed by atoms with E-state index in [9.17, 15) is 0 Å². The Kier molecular flexibility index (Phi) is 3.49. The zero-order valence-corrected chi connectivity index (χ0v) is 11.1. The van der Waals surface area contributed by atoms with Crippen molar-refractivity contribution >= 4 is 39.7 Å². The molecular weight excluding hydrogens is 325 g/mol. The summed E-state index contributed by atoms with van der Waals surface area (Å²) < 4.78 is 1.10. The Bertz CT molecular complexity index is 570. The summed E-state index contributed by atoms with van der Waals surface area (Å²) >= 11 is 2.22. The van der Waals surface area contributed by atoms with Crippen molar-refractivity contribution in [1.29, 1.82) is 5.26 Å². The molecule has 2 aromatic rings. The Balaban J connectivity index is 2.23. The number of nitrogens with zero attached hydrogens (tertiary/aromatic N) is 1. The van der Waals surface area contributed by atoms with Gasteiger partial charge >= 0.3 is 0 Å². The molecule has 84 valence electrons. The van der Waals surface area contributed by atoms with Gasteiger partial charge in [0.15, 0.2) is 0 Å². The summed E-state index contributed by atoms with van der Waals surface area (Å²) in [6.07, 6.45) is 0. The van der Waals surface area contributed by atoms with E-state index in [1.165, 1.54) is 0 Å². The van der Waals surface area contributed by atoms with Crippen LogP contribution in [0.2, 0.25) is 0 Å². The summed E-state index contributed by atoms with van der Waals surface area (Å²) in [6, 6.07) is 15.2. The Morgan fingerprint density at radius 2 is 1.82 bits per heavy atom. The molecule has 0 saturated heterocycles. The number of nitriles is 1. The van der Waals surface area contributed by atoms with Crippen molar-refractivity contribution in [2.24, 2.45) is 0 Å². The summed E-state index contributed by atoms with van der Waals surface area (Å²) in [5.74, 6) is 0. The molecule has 0 amide bonds. The Morgan fingerprint density at radius 1 is 1.12 bits per heavy atom. The van der Waals surface area contributed by atoms with Gasteiger partial charge in [0.25, 0.3) is 0 Å². The normalized spacial score (nSPS) is 9.65. The molecule has 0 aliphatic rings. The molecule has 0 aliphatic heterocycles. The van der Waals surface area contributed by atoms with E-state index in [1.54, 1.807) is 12.1 Å². The van der Waals surface area contributed by atoms with Gasteiger partial charge in [0.05, 0.1) is 23.0 Å². The highest BCUT2D eigenvalue weighted by molar-refractivity contribution is 14.1. The number of anilines is 3. The van der Waals surface area contributed by atoms with E-state index in [2.05, 4.69) is 34.0 Å². The number of nitrogens with two attached hydrogens (primary N) is 1. The molecule has 2 rings (SSSR count). The molecule has 0 heterocycles. The van der Waals surface area contributed by atoms with Crippen molar-refractivity contribution in [3.8, 4) is 6.07 Å². The number of benzene rings is 2. The first-order valence-corrected chi connectivity index (χ1v) is 6.09. The fourth-order valence-corrected chi connectivity index (χ4v) is 1.95. The summed E-state index contributed by atoms with van der Waals surface area (Å²) in [4.78, 5) is 0. The third kappa shape index (κ3) is 2.88. The topological polar surface area (TPSA) is 61.8 Å². The van der Waals surface area contributed by atoms with Crippen LogP contribution in [0.25, 0.3) is 0 Å². The molecule has 0 saturated carbocycles. The first kappa shape index (κ1) is 11.7. The first-order valence-electron chi connectivity index (χ1n) is 5.01. The lowest BCUT2D eigenvalue weighted by molar-refractivity contribution is 1.47. The van der Waals surface area contributed by atoms with Gasteiger partial charge in [-0.2, -0.15) is 5.26 Å². The van der Waals surface area contributed by atoms with Crippen molar-refractivity contribution < 1.29 is 0 Å². The first-order chi connectivity index (χ1) is 8.19. The molecule has 0 radical (unpaired) electrons. The van der Waals surface area contributed by atoms with Crippen LogP contribution in [0.5, 0.6) is 0 Å². The van der Waals surface area contributed by atoms with Crippen molar-refractivity contribution in [2.45, 2.75) is 0 Å².